The lowest BCUT2D eigenvalue weighted by atomic mass is 10.2. The Labute approximate surface area is 169 Å². The zero-order valence-electron chi connectivity index (χ0n) is 17.2. The molecule has 0 saturated carbocycles. The van der Waals surface area contributed by atoms with Crippen molar-refractivity contribution in [1.29, 1.82) is 0 Å². The first-order chi connectivity index (χ1) is 13.3. The van der Waals surface area contributed by atoms with Crippen molar-refractivity contribution in [2.45, 2.75) is 58.0 Å². The highest BCUT2D eigenvalue weighted by atomic mass is 28.4. The molecular weight excluding hydrogens is 368 g/mol. The zero-order chi connectivity index (χ0) is 20.2. The quantitative estimate of drug-likeness (QED) is 0.551. The smallest absolute Gasteiger partial charge is 0.304 e. The van der Waals surface area contributed by atoms with Gasteiger partial charge in [-0.3, -0.25) is 4.79 Å². The lowest BCUT2D eigenvalue weighted by molar-refractivity contribution is -0.174. The van der Waals surface area contributed by atoms with Crippen LogP contribution in [0.3, 0.4) is 0 Å². The highest BCUT2D eigenvalue weighted by Crippen LogP contribution is 2.37. The first kappa shape index (κ1) is 20.8. The second-order valence-electron chi connectivity index (χ2n) is 8.35. The van der Waals surface area contributed by atoms with Gasteiger partial charge < -0.3 is 13.9 Å². The van der Waals surface area contributed by atoms with Crippen LogP contribution in [-0.4, -0.2) is 33.3 Å². The van der Waals surface area contributed by atoms with E-state index in [9.17, 15) is 4.79 Å². The van der Waals surface area contributed by atoms with Gasteiger partial charge in [0.25, 0.3) is 8.32 Å². The molecule has 2 atom stereocenters. The topological polar surface area (TPSA) is 44.8 Å². The molecule has 0 aromatic heterocycles. The SMILES string of the molecule is CC(=O)OC1CC[C@H](CO[Si](c2ccccc2)(c2ccccc2)C(C)(C)C)O1. The van der Waals surface area contributed by atoms with Crippen LogP contribution in [-0.2, 0) is 18.7 Å². The number of carbonyl (C=O) groups is 1. The fourth-order valence-electron chi connectivity index (χ4n) is 4.05. The first-order valence-electron chi connectivity index (χ1n) is 9.90. The van der Waals surface area contributed by atoms with E-state index in [1.165, 1.54) is 17.3 Å². The van der Waals surface area contributed by atoms with Crippen LogP contribution in [0.1, 0.15) is 40.5 Å². The van der Waals surface area contributed by atoms with Crippen molar-refractivity contribution in [3.05, 3.63) is 60.7 Å². The summed E-state index contributed by atoms with van der Waals surface area (Å²) in [5.41, 5.74) is 0. The second-order valence-corrected chi connectivity index (χ2v) is 12.7. The predicted molar refractivity (Wildman–Crippen MR) is 113 cm³/mol. The number of carbonyl (C=O) groups excluding carboxylic acids is 1. The van der Waals surface area contributed by atoms with Gasteiger partial charge in [0, 0.05) is 13.3 Å². The molecule has 2 aromatic rings. The van der Waals surface area contributed by atoms with Gasteiger partial charge in [-0.05, 0) is 21.8 Å². The Morgan fingerprint density at radius 3 is 2.00 bits per heavy atom. The highest BCUT2D eigenvalue weighted by Gasteiger charge is 2.50. The van der Waals surface area contributed by atoms with E-state index in [0.29, 0.717) is 13.0 Å². The van der Waals surface area contributed by atoms with Gasteiger partial charge in [-0.15, -0.1) is 0 Å². The number of rotatable bonds is 6. The van der Waals surface area contributed by atoms with Crippen LogP contribution in [0, 0.1) is 0 Å². The molecule has 5 heteroatoms. The standard InChI is InChI=1S/C23H30O4Si/c1-18(24)26-22-16-15-19(27-22)17-25-28(23(2,3)4,20-11-7-5-8-12-20)21-13-9-6-10-14-21/h5-14,19,22H,15-17H2,1-4H3/t19-,22?/m1/s1. The molecule has 1 heterocycles. The summed E-state index contributed by atoms with van der Waals surface area (Å²) >= 11 is 0. The molecule has 150 valence electrons. The van der Waals surface area contributed by atoms with Gasteiger partial charge in [-0.25, -0.2) is 0 Å². The van der Waals surface area contributed by atoms with Gasteiger partial charge in [0.1, 0.15) is 0 Å². The van der Waals surface area contributed by atoms with Crippen LogP contribution in [0.25, 0.3) is 0 Å². The maximum Gasteiger partial charge on any atom is 0.304 e. The summed E-state index contributed by atoms with van der Waals surface area (Å²) in [6.07, 6.45) is 1.03. The largest absolute Gasteiger partial charge is 0.436 e. The minimum atomic E-state index is -2.56. The molecule has 1 aliphatic rings. The van der Waals surface area contributed by atoms with Crippen molar-refractivity contribution in [3.63, 3.8) is 0 Å². The summed E-state index contributed by atoms with van der Waals surface area (Å²) in [4.78, 5) is 11.2. The molecular formula is C23H30O4Si. The average molecular weight is 399 g/mol. The van der Waals surface area contributed by atoms with Gasteiger partial charge in [0.2, 0.25) is 6.29 Å². The number of benzene rings is 2. The summed E-state index contributed by atoms with van der Waals surface area (Å²) in [5.74, 6) is -0.307. The molecule has 2 aromatic carbocycles. The Morgan fingerprint density at radius 1 is 1.00 bits per heavy atom. The first-order valence-corrected chi connectivity index (χ1v) is 11.8. The third-order valence-electron chi connectivity index (χ3n) is 5.27. The van der Waals surface area contributed by atoms with Crippen molar-refractivity contribution >= 4 is 24.7 Å². The van der Waals surface area contributed by atoms with Gasteiger partial charge in [0.15, 0.2) is 0 Å². The molecule has 0 radical (unpaired) electrons. The van der Waals surface area contributed by atoms with Gasteiger partial charge in [0.05, 0.1) is 12.7 Å². The molecule has 0 spiro atoms. The van der Waals surface area contributed by atoms with Crippen LogP contribution < -0.4 is 10.4 Å². The Bertz CT molecular complexity index is 731. The van der Waals surface area contributed by atoms with Crippen molar-refractivity contribution in [2.24, 2.45) is 0 Å². The lowest BCUT2D eigenvalue weighted by Crippen LogP contribution is -2.67. The molecule has 0 amide bonds. The molecule has 28 heavy (non-hydrogen) atoms. The van der Waals surface area contributed by atoms with E-state index < -0.39 is 14.6 Å². The molecule has 4 nitrogen and oxygen atoms in total. The molecule has 1 fully saturated rings. The summed E-state index contributed by atoms with van der Waals surface area (Å²) in [6, 6.07) is 21.1. The Kier molecular flexibility index (Phi) is 6.38. The fraction of sp³-hybridized carbons (Fsp3) is 0.435. The average Bonchev–Trinajstić information content (AvgIpc) is 3.09. The number of hydrogen-bond donors (Lipinski definition) is 0. The minimum absolute atomic E-state index is 0.0639. The van der Waals surface area contributed by atoms with Crippen molar-refractivity contribution in [2.75, 3.05) is 6.61 Å². The third kappa shape index (κ3) is 4.37. The second kappa shape index (κ2) is 8.60. The summed E-state index contributed by atoms with van der Waals surface area (Å²) in [5, 5.41) is 2.44. The van der Waals surface area contributed by atoms with Crippen LogP contribution >= 0.6 is 0 Å². The molecule has 1 aliphatic heterocycles. The lowest BCUT2D eigenvalue weighted by Gasteiger charge is -2.43. The van der Waals surface area contributed by atoms with E-state index in [-0.39, 0.29) is 17.1 Å². The fourth-order valence-corrected chi connectivity index (χ4v) is 8.64. The van der Waals surface area contributed by atoms with Gasteiger partial charge >= 0.3 is 5.97 Å². The maximum atomic E-state index is 11.2. The number of hydrogen-bond acceptors (Lipinski definition) is 4. The molecule has 3 rings (SSSR count). The molecule has 0 aliphatic carbocycles. The number of ether oxygens (including phenoxy) is 2. The third-order valence-corrected chi connectivity index (χ3v) is 10.3. The van der Waals surface area contributed by atoms with Gasteiger partial charge in [-0.2, -0.15) is 0 Å². The molecule has 1 saturated heterocycles. The van der Waals surface area contributed by atoms with Crippen molar-refractivity contribution in [1.82, 2.24) is 0 Å². The highest BCUT2D eigenvalue weighted by molar-refractivity contribution is 6.99. The van der Waals surface area contributed by atoms with Crippen LogP contribution in [0.2, 0.25) is 5.04 Å². The monoisotopic (exact) mass is 398 g/mol. The number of esters is 1. The minimum Gasteiger partial charge on any atom is -0.436 e. The molecule has 0 N–H and O–H groups in total. The Balaban J connectivity index is 1.90. The normalized spacial score (nSPS) is 20.1. The van der Waals surface area contributed by atoms with E-state index in [2.05, 4.69) is 69.3 Å². The zero-order valence-corrected chi connectivity index (χ0v) is 18.2. The van der Waals surface area contributed by atoms with Crippen molar-refractivity contribution in [3.8, 4) is 0 Å². The van der Waals surface area contributed by atoms with Crippen LogP contribution in [0.15, 0.2) is 60.7 Å². The van der Waals surface area contributed by atoms with E-state index in [1.54, 1.807) is 0 Å². The van der Waals surface area contributed by atoms with E-state index in [0.717, 1.165) is 6.42 Å². The van der Waals surface area contributed by atoms with E-state index in [4.69, 9.17) is 13.9 Å². The predicted octanol–water partition coefficient (Wildman–Crippen LogP) is 3.63. The van der Waals surface area contributed by atoms with Crippen molar-refractivity contribution < 1.29 is 18.7 Å². The van der Waals surface area contributed by atoms with E-state index in [1.807, 2.05) is 12.1 Å². The maximum absolute atomic E-state index is 11.2. The summed E-state index contributed by atoms with van der Waals surface area (Å²) in [7, 11) is -2.56. The molecule has 0 bridgehead atoms. The van der Waals surface area contributed by atoms with Crippen LogP contribution in [0.5, 0.6) is 0 Å². The van der Waals surface area contributed by atoms with E-state index >= 15 is 0 Å². The Morgan fingerprint density at radius 2 is 1.54 bits per heavy atom. The van der Waals surface area contributed by atoms with Gasteiger partial charge in [-0.1, -0.05) is 81.4 Å². The summed E-state index contributed by atoms with van der Waals surface area (Å²) < 4.78 is 18.0. The molecule has 1 unspecified atom stereocenters. The summed E-state index contributed by atoms with van der Waals surface area (Å²) in [6.45, 7) is 8.68. The Hall–Kier alpha value is -1.95. The van der Waals surface area contributed by atoms with Crippen LogP contribution in [0.4, 0.5) is 0 Å².